The topological polar surface area (TPSA) is 287 Å². The number of ether oxygens (including phenoxy) is 5. The third-order valence-corrected chi connectivity index (χ3v) is 28.7. The van der Waals surface area contributed by atoms with Crippen LogP contribution in [0, 0.1) is 23.7 Å². The maximum absolute atomic E-state index is 13.6. The average molecular weight is 1950 g/mol. The van der Waals surface area contributed by atoms with Crippen LogP contribution >= 0.6 is 12.2 Å². The fourth-order valence-corrected chi connectivity index (χ4v) is 22.1. The molecular formula is C97H104F12N14O8S4. The van der Waals surface area contributed by atoms with E-state index in [4.69, 9.17) is 47.4 Å². The zero-order chi connectivity index (χ0) is 95.2. The Kier molecular flexibility index (Phi) is 30.7. The van der Waals surface area contributed by atoms with Gasteiger partial charge in [0.05, 0.1) is 118 Å². The lowest BCUT2D eigenvalue weighted by atomic mass is 9.76. The van der Waals surface area contributed by atoms with E-state index in [2.05, 4.69) is 53.0 Å². The van der Waals surface area contributed by atoms with Crippen LogP contribution in [0.5, 0.6) is 0 Å². The molecule has 0 aromatic heterocycles. The number of halogens is 12. The first-order chi connectivity index (χ1) is 64.6. The van der Waals surface area contributed by atoms with Crippen molar-refractivity contribution in [3.63, 3.8) is 0 Å². The Balaban J connectivity index is 0.000000131. The number of likely N-dealkylation sites (N-methyl/N-ethyl adjacent to an activating group) is 1. The molecule has 3 unspecified atom stereocenters. The van der Waals surface area contributed by atoms with Gasteiger partial charge < -0.3 is 66.6 Å². The summed E-state index contributed by atoms with van der Waals surface area (Å²) in [6, 6.07) is 55.0. The van der Waals surface area contributed by atoms with E-state index in [1.807, 2.05) is 147 Å². The van der Waals surface area contributed by atoms with Gasteiger partial charge in [-0.05, 0) is 219 Å². The lowest BCUT2D eigenvalue weighted by Gasteiger charge is -2.46. The third kappa shape index (κ3) is 23.6. The Labute approximate surface area is 787 Å². The van der Waals surface area contributed by atoms with Gasteiger partial charge in [0, 0.05) is 81.8 Å². The molecule has 8 aromatic rings. The molecule has 0 aliphatic carbocycles. The summed E-state index contributed by atoms with van der Waals surface area (Å²) in [5.41, 5.74) is 19.6. The first kappa shape index (κ1) is 97.8. The highest BCUT2D eigenvalue weighted by Crippen LogP contribution is 2.58. The predicted molar refractivity (Wildman–Crippen MR) is 503 cm³/mol. The summed E-state index contributed by atoms with van der Waals surface area (Å²) in [7, 11) is 3.94. The number of hydrogen-bond donors (Lipinski definition) is 7. The third-order valence-electron chi connectivity index (χ3n) is 26.4. The first-order valence-corrected chi connectivity index (χ1v) is 48.8. The van der Waals surface area contributed by atoms with Crippen molar-refractivity contribution in [1.29, 1.82) is 0 Å². The van der Waals surface area contributed by atoms with Crippen LogP contribution in [0.25, 0.3) is 0 Å². The van der Waals surface area contributed by atoms with Gasteiger partial charge in [-0.1, -0.05) is 134 Å². The fraction of sp³-hybridized carbons (Fsp3) is 0.433. The number of amidine groups is 2. The lowest BCUT2D eigenvalue weighted by molar-refractivity contribution is -0.138. The van der Waals surface area contributed by atoms with Crippen molar-refractivity contribution in [2.45, 2.75) is 207 Å². The monoisotopic (exact) mass is 1950 g/mol. The van der Waals surface area contributed by atoms with Crippen molar-refractivity contribution in [1.82, 2.24) is 10.2 Å². The highest BCUT2D eigenvalue weighted by molar-refractivity contribution is 7.84. The van der Waals surface area contributed by atoms with Crippen LogP contribution in [0.4, 0.5) is 75.4 Å². The van der Waals surface area contributed by atoms with Crippen LogP contribution in [-0.2, 0) is 81.9 Å². The number of anilines is 4. The number of rotatable bonds is 20. The van der Waals surface area contributed by atoms with E-state index in [1.165, 1.54) is 48.5 Å². The van der Waals surface area contributed by atoms with Crippen molar-refractivity contribution >= 4 is 108 Å². The van der Waals surface area contributed by atoms with Crippen LogP contribution in [0.3, 0.4) is 0 Å². The second kappa shape index (κ2) is 42.3. The summed E-state index contributed by atoms with van der Waals surface area (Å²) in [5.74, 6) is 1.04. The van der Waals surface area contributed by atoms with Crippen molar-refractivity contribution in [3.05, 3.63) is 261 Å². The molecule has 0 radical (unpaired) electrons. The zero-order valence-corrected chi connectivity index (χ0v) is 77.1. The van der Waals surface area contributed by atoms with E-state index in [1.54, 1.807) is 0 Å². The minimum absolute atomic E-state index is 0.00854. The number of thiocarbonyl (C=S) groups is 1. The van der Waals surface area contributed by atoms with Gasteiger partial charge in [-0.25, -0.2) is 12.6 Å². The van der Waals surface area contributed by atoms with Gasteiger partial charge in [-0.15, -0.1) is 13.2 Å². The number of nitrogens with zero attached hydrogens (tertiary/aromatic N) is 7. The van der Waals surface area contributed by atoms with Crippen LogP contribution in [0.15, 0.2) is 221 Å². The van der Waals surface area contributed by atoms with Gasteiger partial charge in [0.2, 0.25) is 5.90 Å². The van der Waals surface area contributed by atoms with Gasteiger partial charge in [0.25, 0.3) is 33.5 Å². The Morgan fingerprint density at radius 1 is 0.422 bits per heavy atom. The lowest BCUT2D eigenvalue weighted by Crippen LogP contribution is -2.39. The molecule has 0 amide bonds. The molecule has 8 aromatic carbocycles. The molecule has 0 bridgehead atoms. The van der Waals surface area contributed by atoms with E-state index < -0.39 is 105 Å². The molecule has 9 N–H and O–H groups in total. The molecule has 11 aliphatic heterocycles. The van der Waals surface area contributed by atoms with E-state index in [0.29, 0.717) is 143 Å². The van der Waals surface area contributed by atoms with Crippen LogP contribution in [0.1, 0.15) is 225 Å². The van der Waals surface area contributed by atoms with Crippen molar-refractivity contribution in [2.24, 2.45) is 61.5 Å². The Morgan fingerprint density at radius 2 is 0.726 bits per heavy atom. The fourth-order valence-electron chi connectivity index (χ4n) is 19.9. The molecule has 22 nitrogen and oxygen atoms in total. The summed E-state index contributed by atoms with van der Waals surface area (Å²) in [4.78, 5) is 2.47. The number of alkyl halides is 12. The summed E-state index contributed by atoms with van der Waals surface area (Å²) in [6.45, 7) is 3.66. The second-order valence-electron chi connectivity index (χ2n) is 35.4. The van der Waals surface area contributed by atoms with Gasteiger partial charge in [0.1, 0.15) is 5.71 Å². The van der Waals surface area contributed by atoms with E-state index in [0.717, 1.165) is 104 Å². The molecule has 19 rings (SSSR count). The Bertz CT molecular complexity index is 5820. The van der Waals surface area contributed by atoms with Gasteiger partial charge >= 0.3 is 24.7 Å². The maximum atomic E-state index is 13.6. The molecule has 19 atom stereocenters. The number of nitrogens with two attached hydrogens (primary N) is 2. The molecule has 0 saturated carbocycles. The van der Waals surface area contributed by atoms with Crippen molar-refractivity contribution in [2.75, 3.05) is 55.1 Å². The molecule has 11 aliphatic rings. The minimum Gasteiger partial charge on any atom is -0.476 e. The standard InChI is InChI=1S/C27H32F3N5O2S.C25H26F3N3O3S.C23H23F3N4O2S.C22H23F3N2OS/c1-35(2)15-14-31-26-23(33-38(36)34-26)13-10-19-9-11-20-24(17-6-4-3-5-7-17)32-22-12-8-18(27(28,29)30)16-21(22)25(20)37-19;1-2-33-24-21(30-35(32)31-24)13-10-17-9-11-18-22(15-6-4-3-5-7-15)29-20-12-8-16(25(26,27)28)14-19(20)23(18)34-17;24-23(25,26)14-6-10-18-17(12-14)21-16(20(28-18)13-4-2-1-3-5-13)9-7-15(32-21)8-11-19-22(27)30-33(31)29-19;23-22(24,25)14-6-10-18-17(12-14)21-16(9-7-15(28-21)8-11-19(26)29)20(27-18)13-4-2-1-3-5-13/h3-8,12,16,19-20,24-25,32H,9-11,13-15H2,1-2H3,(H,31,34);3-8,12,14,17-18,22-23,29H,2,9-11,13H2,1H3;1-6,10,12,15-16,20-21,28H,7-9,11H2,(H2,27,30);1-6,10,12,15-16,20-21,27H,7-9,11H2,(H2,26,29)/t19-,20+,24+,25+,38?;17-,18+,22+,23+,35?;15-,16+,20+,21+,33?;15-,16+,20+,21+/m1111/s1. The number of hydrogen-bond acceptors (Lipinski definition) is 16. The number of nitrogens with one attached hydrogen (secondary N) is 5. The molecule has 0 spiro atoms. The van der Waals surface area contributed by atoms with Gasteiger partial charge in [0.15, 0.2) is 11.7 Å². The number of benzene rings is 8. The van der Waals surface area contributed by atoms with Gasteiger partial charge in [-0.2, -0.15) is 65.9 Å². The van der Waals surface area contributed by atoms with E-state index in [-0.39, 0.29) is 78.1 Å². The SMILES string of the molecule is CCOC1=NS(=O)N=C1CC[C@H]1CC[C@@H]2[C@H](O1)c1cc(C(F)(F)F)ccc1N[C@H]2c1ccccc1.CN(C)CCNC1=NS(=O)N=C1CC[C@H]1CC[C@@H]2[C@H](O1)c1cc(C(F)(F)F)ccc1N[C@H]2c1ccccc1.NC(=S)CC[C@H]1CC[C@@H]2[C@H](O1)c1cc(C(F)(F)F)ccc1N[C@H]2c1ccccc1.NC1=NS(=O)N=C1CC[C@H]1CC[C@@H]2[C@H](O1)c1cc(C(F)(F)F)ccc1N[C@H]2c1ccccc1. The number of fused-ring (bicyclic) bond motifs is 12. The average Bonchev–Trinajstić information content (AvgIpc) is 0.840. The largest absolute Gasteiger partial charge is 0.476 e. The summed E-state index contributed by atoms with van der Waals surface area (Å²) in [6.07, 6.45) is -9.18. The van der Waals surface area contributed by atoms with E-state index >= 15 is 0 Å². The highest BCUT2D eigenvalue weighted by atomic mass is 32.2. The molecule has 718 valence electrons. The van der Waals surface area contributed by atoms with Crippen molar-refractivity contribution in [3.8, 4) is 0 Å². The Morgan fingerprint density at radius 3 is 1.04 bits per heavy atom. The van der Waals surface area contributed by atoms with Crippen LogP contribution in [0.2, 0.25) is 0 Å². The smallest absolute Gasteiger partial charge is 0.416 e. The summed E-state index contributed by atoms with van der Waals surface area (Å²) in [5, 5.41) is 17.1. The van der Waals surface area contributed by atoms with Crippen molar-refractivity contribution < 1.29 is 89.0 Å². The zero-order valence-electron chi connectivity index (χ0n) is 73.9. The molecule has 4 fully saturated rings. The summed E-state index contributed by atoms with van der Waals surface area (Å²) >= 11 is 0.000129. The Hall–Kier alpha value is -10.3. The van der Waals surface area contributed by atoms with Crippen LogP contribution < -0.4 is 38.1 Å². The normalized spacial score (nSPS) is 27.4. The molecule has 11 heterocycles. The molecular weight excluding hydrogens is 1850 g/mol. The predicted octanol–water partition coefficient (Wildman–Crippen LogP) is 21.7. The highest BCUT2D eigenvalue weighted by Gasteiger charge is 2.50. The first-order valence-electron chi connectivity index (χ1n) is 45.2. The molecule has 4 saturated heterocycles. The second-order valence-corrected chi connectivity index (χ2v) is 38.4. The summed E-state index contributed by atoms with van der Waals surface area (Å²) < 4.78 is 252. The van der Waals surface area contributed by atoms with Crippen LogP contribution in [-0.4, -0.2) is 115 Å². The molecule has 135 heavy (non-hydrogen) atoms. The quantitative estimate of drug-likeness (QED) is 0.0276. The van der Waals surface area contributed by atoms with Gasteiger partial charge in [-0.3, -0.25) is 0 Å². The van der Waals surface area contributed by atoms with E-state index in [9.17, 15) is 65.3 Å². The molecule has 38 heteroatoms. The minimum atomic E-state index is -4.43. The maximum Gasteiger partial charge on any atom is 0.416 e.